The van der Waals surface area contributed by atoms with Crippen LogP contribution in [-0.2, 0) is 105 Å². The van der Waals surface area contributed by atoms with Crippen molar-refractivity contribution in [2.75, 3.05) is 13.2 Å². The summed E-state index contributed by atoms with van der Waals surface area (Å²) in [5.74, 6) is -14.1. The van der Waals surface area contributed by atoms with Crippen molar-refractivity contribution in [3.63, 3.8) is 0 Å². The number of hydrogen-bond donors (Lipinski definition) is 8. The molecule has 6 aliphatic rings. The van der Waals surface area contributed by atoms with Crippen molar-refractivity contribution >= 4 is 82.8 Å². The molecule has 0 bridgehead atoms. The smallest absolute Gasteiger partial charge is 0.377 e. The molecule has 0 aromatic carbocycles. The van der Waals surface area contributed by atoms with Gasteiger partial charge in [0.05, 0.1) is 51.4 Å². The van der Waals surface area contributed by atoms with E-state index in [2.05, 4.69) is 9.47 Å². The van der Waals surface area contributed by atoms with E-state index in [4.69, 9.17) is 38.6 Å². The van der Waals surface area contributed by atoms with Crippen molar-refractivity contribution in [3.8, 4) is 0 Å². The molecule has 30 heteroatoms. The lowest BCUT2D eigenvalue weighted by Gasteiger charge is -2.36. The van der Waals surface area contributed by atoms with Crippen molar-refractivity contribution in [1.82, 2.24) is 0 Å². The Bertz CT molecular complexity index is 5350. The van der Waals surface area contributed by atoms with Crippen LogP contribution >= 0.6 is 0 Å². The zero-order valence-corrected chi connectivity index (χ0v) is 84.2. The van der Waals surface area contributed by atoms with E-state index in [1.807, 2.05) is 295 Å². The minimum atomic E-state index is -1.63. The molecule has 8 atom stereocenters. The van der Waals surface area contributed by atoms with Crippen LogP contribution < -0.4 is 0 Å². The summed E-state index contributed by atoms with van der Waals surface area (Å²) in [5, 5.41) is 75.2. The van der Waals surface area contributed by atoms with Gasteiger partial charge in [0.15, 0.2) is 71.3 Å². The van der Waals surface area contributed by atoms with E-state index in [0.717, 1.165) is 61.3 Å². The topological polar surface area (TPSA) is 475 Å². The Hall–Kier alpha value is -13.7. The average Bonchev–Trinajstić information content (AvgIpc) is 1.36. The molecule has 4 aliphatic carbocycles. The van der Waals surface area contributed by atoms with E-state index >= 15 is 0 Å². The molecule has 0 saturated heterocycles. The Balaban J connectivity index is 0.000000450. The number of Topliss-reactive ketones (excluding diaryl/α,β-unsaturated/α-hetero) is 4. The van der Waals surface area contributed by atoms with Gasteiger partial charge in [0.2, 0.25) is 11.5 Å². The SMILES string of the molecule is C/C=C/C=C(C)/C=C/C1=C(C)C(=O)C(OC(=O)CCC(=O)OC[C@H](O)[C@H]2OC(=O)C(O)=C2O)CC1(C)C.CC(C)=C/C=C/C=C(C)/C=C/C=C(C)/C=C/C1=C(C)C(=O)C(OC(=O)CCC(=O)OC[C@H](O)[C@H]2OC(=O)C(O)=C2O)CC1(C)C.CC1=C(/C=C/C(C)=C/C=C/C(C)=C/C=C/C=C(C)/C=C/C=C(C)/C=C/C2=C(C)C(=O)C(OC(=O)CCC(=O)O)CC2(C)C)C(C)(C)CC(OC(=O)CCC(=O)O)C1=O. The van der Waals surface area contributed by atoms with Gasteiger partial charge in [0.25, 0.3) is 0 Å². The Morgan fingerprint density at radius 1 is 0.336 bits per heavy atom. The number of ether oxygens (including phenoxy) is 8. The third-order valence-corrected chi connectivity index (χ3v) is 23.1. The van der Waals surface area contributed by atoms with Gasteiger partial charge >= 0.3 is 59.7 Å². The van der Waals surface area contributed by atoms with Gasteiger partial charge in [0.1, 0.15) is 25.4 Å². The van der Waals surface area contributed by atoms with Gasteiger partial charge in [-0.2, -0.15) is 0 Å². The molecule has 4 unspecified atom stereocenters. The number of aliphatic carboxylic acids is 2. The highest BCUT2D eigenvalue weighted by Crippen LogP contribution is 2.45. The first-order valence-corrected chi connectivity index (χ1v) is 46.0. The van der Waals surface area contributed by atoms with Crippen LogP contribution in [0.2, 0.25) is 0 Å². The fourth-order valence-electron chi connectivity index (χ4n) is 15.2. The first-order valence-electron chi connectivity index (χ1n) is 46.0. The van der Waals surface area contributed by atoms with E-state index in [0.29, 0.717) is 35.1 Å². The summed E-state index contributed by atoms with van der Waals surface area (Å²) in [4.78, 5) is 169. The third kappa shape index (κ3) is 38.9. The van der Waals surface area contributed by atoms with Crippen LogP contribution in [0.25, 0.3) is 0 Å². The molecule has 6 rings (SSSR count). The largest absolute Gasteiger partial charge is 0.505 e. The molecule has 140 heavy (non-hydrogen) atoms. The Labute approximate surface area is 819 Å². The second-order valence-electron chi connectivity index (χ2n) is 37.6. The number of rotatable bonds is 41. The zero-order chi connectivity index (χ0) is 106. The maximum Gasteiger partial charge on any atom is 0.377 e. The highest BCUT2D eigenvalue weighted by Gasteiger charge is 2.46. The van der Waals surface area contributed by atoms with Crippen LogP contribution in [0.15, 0.2) is 282 Å². The van der Waals surface area contributed by atoms with Gasteiger partial charge in [-0.1, -0.05) is 270 Å². The number of aliphatic hydroxyl groups is 6. The molecule has 0 spiro atoms. The summed E-state index contributed by atoms with van der Waals surface area (Å²) in [5.41, 5.74) is 12.2. The van der Waals surface area contributed by atoms with E-state index in [1.54, 1.807) is 27.7 Å². The quantitative estimate of drug-likeness (QED) is 0.0160. The van der Waals surface area contributed by atoms with Gasteiger partial charge in [-0.3, -0.25) is 57.5 Å². The van der Waals surface area contributed by atoms with Crippen molar-refractivity contribution in [1.29, 1.82) is 0 Å². The molecule has 0 fully saturated rings. The van der Waals surface area contributed by atoms with Gasteiger partial charge in [-0.05, 0) is 163 Å². The van der Waals surface area contributed by atoms with Crippen molar-refractivity contribution < 1.29 is 146 Å². The molecular formula is C110H138O30. The van der Waals surface area contributed by atoms with E-state index in [9.17, 15) is 97.8 Å². The number of carboxylic acid groups (broad SMARTS) is 2. The van der Waals surface area contributed by atoms with E-state index in [-0.39, 0.29) is 80.9 Å². The molecular weight excluding hydrogens is 1800 g/mol. The maximum atomic E-state index is 13.1. The highest BCUT2D eigenvalue weighted by atomic mass is 16.6. The fraction of sp³-hybridized carbons (Fsp3) is 0.436. The molecule has 0 radical (unpaired) electrons. The lowest BCUT2D eigenvalue weighted by atomic mass is 9.71. The molecule has 2 aliphatic heterocycles. The second kappa shape index (κ2) is 55.7. The molecule has 0 aromatic heterocycles. The van der Waals surface area contributed by atoms with Gasteiger partial charge in [0, 0.05) is 25.7 Å². The number of esters is 8. The van der Waals surface area contributed by atoms with Crippen LogP contribution in [0.1, 0.15) is 229 Å². The van der Waals surface area contributed by atoms with Crippen LogP contribution in [0.4, 0.5) is 0 Å². The number of carbonyl (C=O) groups is 14. The predicted octanol–water partition coefficient (Wildman–Crippen LogP) is 18.6. The maximum absolute atomic E-state index is 13.1. The van der Waals surface area contributed by atoms with Crippen molar-refractivity contribution in [2.24, 2.45) is 21.7 Å². The number of allylic oxidation sites excluding steroid dienone is 40. The minimum absolute atomic E-state index is 0.263. The second-order valence-corrected chi connectivity index (χ2v) is 37.6. The first-order chi connectivity index (χ1) is 65.3. The minimum Gasteiger partial charge on any atom is -0.505 e. The van der Waals surface area contributed by atoms with E-state index in [1.165, 1.54) is 5.57 Å². The number of aliphatic hydroxyl groups excluding tert-OH is 6. The van der Waals surface area contributed by atoms with Gasteiger partial charge in [-0.15, -0.1) is 0 Å². The summed E-state index contributed by atoms with van der Waals surface area (Å²) in [6, 6.07) is 0. The number of carbonyl (C=O) groups excluding carboxylic acids is 12. The Morgan fingerprint density at radius 2 is 0.557 bits per heavy atom. The average molecular weight is 1940 g/mol. The van der Waals surface area contributed by atoms with Crippen LogP contribution in [0, 0.1) is 21.7 Å². The lowest BCUT2D eigenvalue weighted by molar-refractivity contribution is -0.160. The highest BCUT2D eigenvalue weighted by molar-refractivity contribution is 6.04. The summed E-state index contributed by atoms with van der Waals surface area (Å²) < 4.78 is 40.4. The molecule has 8 N–H and O–H groups in total. The van der Waals surface area contributed by atoms with Crippen LogP contribution in [-0.4, -0.2) is 186 Å². The molecule has 0 saturated carbocycles. The predicted molar refractivity (Wildman–Crippen MR) is 527 cm³/mol. The number of carboxylic acids is 2. The third-order valence-electron chi connectivity index (χ3n) is 23.1. The normalized spacial score (nSPS) is 21.8. The molecule has 2 heterocycles. The molecule has 0 amide bonds. The standard InChI is InChI=1S/C48H60O10.C35H44O10.C27H34O10/c1-31(17-13-19-33(3)21-23-37-35(5)45(55)39(29-47(37,7)8)57-43(53)27-25-41(49)50)15-11-12-16-32(2)18-14-20-34(4)22-24-38-36(6)46(56)40(30-48(38,9)10)58-44(54)28-26-42(51)52;1-21(2)11-8-9-12-22(3)13-10-14-23(4)15-16-25-24(5)30(39)27(19-35(25,6)7)44-29(38)18-17-28(37)43-20-26(36)33-31(40)32(41)34(42)45-33;1-6-7-8-15(2)9-10-17-16(3)22(31)19(13-27(17,4)5)36-21(30)12-11-20(29)35-14-18(28)25-23(32)24(33)26(34)37-25/h11-24,39-40H,25-30H2,1-10H3,(H,49,50)(H,51,52);8-16,26-27,33,36,40-41H,17-20H2,1-7H3;6-10,18-19,25,28,32-33H,11-14H2,1-5H3/b12-11+,17-13+,18-14+,23-21+,24-22+,31-15+,32-16+,33-19+,34-20+;9-8+,13-10+,16-15+,22-12+,23-14+;7-6+,10-9+,15-8+/t;26-,27?,33+;18-,19?,25+/m.00/s1. The summed E-state index contributed by atoms with van der Waals surface area (Å²) in [6.07, 6.45) is 43.4. The van der Waals surface area contributed by atoms with Crippen molar-refractivity contribution in [3.05, 3.63) is 282 Å². The Kier molecular flexibility index (Phi) is 47.2. The zero-order valence-electron chi connectivity index (χ0n) is 84.2. The molecule has 758 valence electrons. The van der Waals surface area contributed by atoms with Crippen molar-refractivity contribution in [2.45, 2.75) is 278 Å². The first kappa shape index (κ1) is 119. The number of ketones is 4. The summed E-state index contributed by atoms with van der Waals surface area (Å²) >= 11 is 0. The van der Waals surface area contributed by atoms with Crippen LogP contribution in [0.5, 0.6) is 0 Å². The summed E-state index contributed by atoms with van der Waals surface area (Å²) in [6.45, 7) is 41.3. The monoisotopic (exact) mass is 1940 g/mol. The molecule has 0 aromatic rings. The van der Waals surface area contributed by atoms with Gasteiger partial charge in [-0.25, -0.2) is 9.59 Å². The number of cyclic esters (lactones) is 2. The van der Waals surface area contributed by atoms with E-state index < -0.39 is 173 Å². The fourth-order valence-corrected chi connectivity index (χ4v) is 15.2. The molecule has 30 nitrogen and oxygen atoms in total. The number of hydrogen-bond acceptors (Lipinski definition) is 28. The van der Waals surface area contributed by atoms with Crippen LogP contribution in [0.3, 0.4) is 0 Å². The Morgan fingerprint density at radius 3 is 0.786 bits per heavy atom. The summed E-state index contributed by atoms with van der Waals surface area (Å²) in [7, 11) is 0. The van der Waals surface area contributed by atoms with Gasteiger partial charge < -0.3 is 78.7 Å². The lowest BCUT2D eigenvalue weighted by Crippen LogP contribution is -2.39.